The highest BCUT2D eigenvalue weighted by atomic mass is 16.1. The number of fused-ring (bicyclic) bond motifs is 5. The predicted molar refractivity (Wildman–Crippen MR) is 76.7 cm³/mol. The van der Waals surface area contributed by atoms with E-state index in [-0.39, 0.29) is 0 Å². The van der Waals surface area contributed by atoms with Crippen LogP contribution in [0, 0.1) is 29.1 Å². The zero-order valence-electron chi connectivity index (χ0n) is 12.2. The number of ketones is 1. The maximum absolute atomic E-state index is 11.6. The summed E-state index contributed by atoms with van der Waals surface area (Å²) in [7, 11) is 0. The quantitative estimate of drug-likeness (QED) is 0.624. The fourth-order valence-electron chi connectivity index (χ4n) is 6.17. The second kappa shape index (κ2) is 4.20. The van der Waals surface area contributed by atoms with Crippen molar-refractivity contribution in [2.75, 3.05) is 0 Å². The molecule has 0 saturated heterocycles. The Morgan fingerprint density at radius 2 is 1.95 bits per heavy atom. The molecule has 0 aliphatic heterocycles. The van der Waals surface area contributed by atoms with Crippen LogP contribution in [0.3, 0.4) is 0 Å². The Morgan fingerprint density at radius 1 is 1.05 bits per heavy atom. The van der Waals surface area contributed by atoms with Gasteiger partial charge in [0.15, 0.2) is 5.78 Å². The third-order valence-electron chi connectivity index (χ3n) is 7.08. The Balaban J connectivity index is 1.63. The van der Waals surface area contributed by atoms with E-state index >= 15 is 0 Å². The summed E-state index contributed by atoms with van der Waals surface area (Å²) in [5.74, 6) is 4.08. The van der Waals surface area contributed by atoms with E-state index in [0.29, 0.717) is 11.2 Å². The summed E-state index contributed by atoms with van der Waals surface area (Å²) >= 11 is 0. The SMILES string of the molecule is C[C@]12CCC[C@@H]1[C@@H]1CCC3=CC(=O)CC[C@@H]3[C@H]1CC2. The van der Waals surface area contributed by atoms with Gasteiger partial charge in [0.05, 0.1) is 0 Å². The van der Waals surface area contributed by atoms with Crippen LogP contribution in [-0.4, -0.2) is 5.78 Å². The first-order valence-electron chi connectivity index (χ1n) is 8.41. The van der Waals surface area contributed by atoms with Crippen LogP contribution in [0.4, 0.5) is 0 Å². The number of rotatable bonds is 0. The van der Waals surface area contributed by atoms with Gasteiger partial charge in [-0.15, -0.1) is 0 Å². The van der Waals surface area contributed by atoms with E-state index in [0.717, 1.165) is 36.5 Å². The molecule has 0 aromatic carbocycles. The highest BCUT2D eigenvalue weighted by Gasteiger charge is 2.52. The molecule has 0 heterocycles. The second-order valence-electron chi connectivity index (χ2n) is 7.89. The van der Waals surface area contributed by atoms with E-state index < -0.39 is 0 Å². The average Bonchev–Trinajstić information content (AvgIpc) is 2.79. The van der Waals surface area contributed by atoms with E-state index in [1.165, 1.54) is 50.5 Å². The van der Waals surface area contributed by atoms with Gasteiger partial charge in [-0.05, 0) is 80.1 Å². The second-order valence-corrected chi connectivity index (χ2v) is 7.89. The van der Waals surface area contributed by atoms with E-state index in [4.69, 9.17) is 0 Å². The van der Waals surface area contributed by atoms with Crippen LogP contribution in [-0.2, 0) is 4.79 Å². The highest BCUT2D eigenvalue weighted by molar-refractivity contribution is 5.91. The summed E-state index contributed by atoms with van der Waals surface area (Å²) in [6, 6.07) is 0. The first kappa shape index (κ1) is 12.2. The van der Waals surface area contributed by atoms with Crippen molar-refractivity contribution in [3.63, 3.8) is 0 Å². The Bertz CT molecular complexity index is 435. The molecule has 3 fully saturated rings. The summed E-state index contributed by atoms with van der Waals surface area (Å²) in [5.41, 5.74) is 2.20. The molecule has 104 valence electrons. The lowest BCUT2D eigenvalue weighted by Gasteiger charge is -2.52. The molecule has 1 heteroatoms. The zero-order valence-corrected chi connectivity index (χ0v) is 12.2. The Hall–Kier alpha value is -0.590. The van der Waals surface area contributed by atoms with Gasteiger partial charge in [0.2, 0.25) is 0 Å². The van der Waals surface area contributed by atoms with Crippen molar-refractivity contribution in [3.8, 4) is 0 Å². The van der Waals surface area contributed by atoms with Crippen molar-refractivity contribution in [3.05, 3.63) is 11.6 Å². The lowest BCUT2D eigenvalue weighted by Crippen LogP contribution is -2.44. The number of hydrogen-bond donors (Lipinski definition) is 0. The van der Waals surface area contributed by atoms with Crippen LogP contribution < -0.4 is 0 Å². The largest absolute Gasteiger partial charge is 0.295 e. The fraction of sp³-hybridized carbons (Fsp3) is 0.833. The van der Waals surface area contributed by atoms with Crippen molar-refractivity contribution in [1.29, 1.82) is 0 Å². The van der Waals surface area contributed by atoms with Crippen LogP contribution in [0.2, 0.25) is 0 Å². The van der Waals surface area contributed by atoms with Crippen LogP contribution in [0.1, 0.15) is 64.7 Å². The van der Waals surface area contributed by atoms with Gasteiger partial charge in [0.1, 0.15) is 0 Å². The van der Waals surface area contributed by atoms with Gasteiger partial charge in [-0.25, -0.2) is 0 Å². The molecule has 19 heavy (non-hydrogen) atoms. The molecule has 4 aliphatic rings. The summed E-state index contributed by atoms with van der Waals surface area (Å²) in [6.45, 7) is 2.57. The van der Waals surface area contributed by atoms with Crippen LogP contribution in [0.25, 0.3) is 0 Å². The molecule has 5 atom stereocenters. The van der Waals surface area contributed by atoms with Gasteiger partial charge in [-0.1, -0.05) is 18.9 Å². The molecule has 0 aromatic heterocycles. The van der Waals surface area contributed by atoms with E-state index in [1.807, 2.05) is 6.08 Å². The van der Waals surface area contributed by atoms with Crippen LogP contribution in [0.15, 0.2) is 11.6 Å². The molecule has 0 bridgehead atoms. The number of hydrogen-bond acceptors (Lipinski definition) is 1. The van der Waals surface area contributed by atoms with E-state index in [2.05, 4.69) is 6.92 Å². The first-order chi connectivity index (χ1) is 9.17. The molecular formula is C18H26O. The van der Waals surface area contributed by atoms with Crippen LogP contribution in [0.5, 0.6) is 0 Å². The minimum atomic E-state index is 0.395. The van der Waals surface area contributed by atoms with Gasteiger partial charge in [-0.2, -0.15) is 0 Å². The van der Waals surface area contributed by atoms with Gasteiger partial charge in [0, 0.05) is 6.42 Å². The molecular weight excluding hydrogens is 232 g/mol. The van der Waals surface area contributed by atoms with E-state index in [9.17, 15) is 4.79 Å². The maximum Gasteiger partial charge on any atom is 0.155 e. The van der Waals surface area contributed by atoms with Crippen molar-refractivity contribution in [2.24, 2.45) is 29.1 Å². The van der Waals surface area contributed by atoms with Gasteiger partial charge < -0.3 is 0 Å². The summed E-state index contributed by atoms with van der Waals surface area (Å²) in [6.07, 6.45) is 13.9. The Kier molecular flexibility index (Phi) is 2.69. The molecule has 0 aromatic rings. The van der Waals surface area contributed by atoms with Gasteiger partial charge in [-0.3, -0.25) is 4.79 Å². The van der Waals surface area contributed by atoms with Crippen molar-refractivity contribution >= 4 is 5.78 Å². The Labute approximate surface area is 116 Å². The van der Waals surface area contributed by atoms with Crippen molar-refractivity contribution < 1.29 is 4.79 Å². The smallest absolute Gasteiger partial charge is 0.155 e. The summed E-state index contributed by atoms with van der Waals surface area (Å²) < 4.78 is 0. The van der Waals surface area contributed by atoms with Crippen molar-refractivity contribution in [2.45, 2.75) is 64.7 Å². The molecule has 3 saturated carbocycles. The topological polar surface area (TPSA) is 17.1 Å². The first-order valence-corrected chi connectivity index (χ1v) is 8.41. The monoisotopic (exact) mass is 258 g/mol. The average molecular weight is 258 g/mol. The van der Waals surface area contributed by atoms with E-state index in [1.54, 1.807) is 0 Å². The molecule has 0 spiro atoms. The minimum absolute atomic E-state index is 0.395. The third-order valence-corrected chi connectivity index (χ3v) is 7.08. The molecule has 1 nitrogen and oxygen atoms in total. The third kappa shape index (κ3) is 1.76. The van der Waals surface area contributed by atoms with Gasteiger partial charge >= 0.3 is 0 Å². The van der Waals surface area contributed by atoms with Crippen LogP contribution >= 0.6 is 0 Å². The number of allylic oxidation sites excluding steroid dienone is 1. The van der Waals surface area contributed by atoms with Gasteiger partial charge in [0.25, 0.3) is 0 Å². The lowest BCUT2D eigenvalue weighted by molar-refractivity contribution is -0.116. The molecule has 0 unspecified atom stereocenters. The molecule has 4 rings (SSSR count). The predicted octanol–water partition coefficient (Wildman–Crippen LogP) is 4.52. The number of carbonyl (C=O) groups is 1. The number of carbonyl (C=O) groups excluding carboxylic acids is 1. The minimum Gasteiger partial charge on any atom is -0.295 e. The summed E-state index contributed by atoms with van der Waals surface area (Å²) in [5, 5.41) is 0. The highest BCUT2D eigenvalue weighted by Crippen LogP contribution is 2.61. The zero-order chi connectivity index (χ0) is 13.0. The Morgan fingerprint density at radius 3 is 2.84 bits per heavy atom. The normalized spacial score (nSPS) is 49.1. The maximum atomic E-state index is 11.6. The fourth-order valence-corrected chi connectivity index (χ4v) is 6.17. The molecule has 0 N–H and O–H groups in total. The standard InChI is InChI=1S/C18H26O/c1-18-9-2-3-17(18)16-6-4-12-11-13(19)5-7-14(12)15(16)8-10-18/h11,14-17H,2-10H2,1H3/t14-,15+,16+,17+,18+/m0/s1. The molecule has 4 aliphatic carbocycles. The summed E-state index contributed by atoms with van der Waals surface area (Å²) in [4.78, 5) is 11.6. The molecule has 0 amide bonds. The molecule has 0 radical (unpaired) electrons. The lowest BCUT2D eigenvalue weighted by atomic mass is 9.52. The van der Waals surface area contributed by atoms with Crippen molar-refractivity contribution in [1.82, 2.24) is 0 Å².